The van der Waals surface area contributed by atoms with E-state index in [0.29, 0.717) is 16.7 Å². The lowest BCUT2D eigenvalue weighted by molar-refractivity contribution is 0.102. The Morgan fingerprint density at radius 3 is 2.00 bits per heavy atom. The zero-order valence-corrected chi connectivity index (χ0v) is 11.9. The summed E-state index contributed by atoms with van der Waals surface area (Å²) in [6, 6.07) is 24.1. The van der Waals surface area contributed by atoms with Crippen molar-refractivity contribution in [2.45, 2.75) is 0 Å². The van der Waals surface area contributed by atoms with E-state index in [1.54, 1.807) is 24.3 Å². The van der Waals surface area contributed by atoms with Crippen molar-refractivity contribution in [2.24, 2.45) is 0 Å². The van der Waals surface area contributed by atoms with E-state index < -0.39 is 0 Å². The monoisotopic (exact) mass is 286 g/mol. The molecule has 0 aromatic heterocycles. The summed E-state index contributed by atoms with van der Waals surface area (Å²) >= 11 is 0. The molecule has 22 heavy (non-hydrogen) atoms. The third kappa shape index (κ3) is 2.72. The maximum absolute atomic E-state index is 12.7. The summed E-state index contributed by atoms with van der Waals surface area (Å²) < 4.78 is 0. The van der Waals surface area contributed by atoms with E-state index in [0.717, 1.165) is 17.4 Å². The predicted molar refractivity (Wildman–Crippen MR) is 87.1 cm³/mol. The van der Waals surface area contributed by atoms with Crippen LogP contribution in [0.2, 0.25) is 0 Å². The van der Waals surface area contributed by atoms with Crippen molar-refractivity contribution in [2.75, 3.05) is 0 Å². The molecule has 2 nitrogen and oxygen atoms in total. The first-order valence-corrected chi connectivity index (χ1v) is 7.04. The van der Waals surface area contributed by atoms with Gasteiger partial charge in [0.1, 0.15) is 0 Å². The lowest BCUT2D eigenvalue weighted by Gasteiger charge is -2.08. The predicted octanol–water partition coefficient (Wildman–Crippen LogP) is 4.40. The normalized spacial score (nSPS) is 10.2. The van der Waals surface area contributed by atoms with E-state index in [1.165, 1.54) is 0 Å². The van der Waals surface area contributed by atoms with E-state index in [4.69, 9.17) is 0 Å². The van der Waals surface area contributed by atoms with Crippen LogP contribution in [0.4, 0.5) is 0 Å². The summed E-state index contributed by atoms with van der Waals surface area (Å²) in [7, 11) is 0. The molecule has 0 spiro atoms. The van der Waals surface area contributed by atoms with Gasteiger partial charge in [-0.05, 0) is 17.2 Å². The molecule has 0 N–H and O–H groups in total. The summed E-state index contributed by atoms with van der Waals surface area (Å²) in [5.74, 6) is -0.138. The maximum Gasteiger partial charge on any atom is 0.193 e. The van der Waals surface area contributed by atoms with Gasteiger partial charge in [-0.1, -0.05) is 72.8 Å². The minimum absolute atomic E-state index is 0.138. The molecule has 0 unspecified atom stereocenters. The Morgan fingerprint density at radius 2 is 1.36 bits per heavy atom. The Morgan fingerprint density at radius 1 is 0.727 bits per heavy atom. The van der Waals surface area contributed by atoms with Crippen LogP contribution >= 0.6 is 0 Å². The van der Waals surface area contributed by atoms with Gasteiger partial charge in [-0.15, -0.1) is 0 Å². The molecule has 2 heteroatoms. The molecule has 0 aliphatic rings. The lowest BCUT2D eigenvalue weighted by atomic mass is 9.94. The fraction of sp³-hybridized carbons (Fsp3) is 0. The molecule has 0 heterocycles. The van der Waals surface area contributed by atoms with Gasteiger partial charge < -0.3 is 0 Å². The highest BCUT2D eigenvalue weighted by molar-refractivity contribution is 6.13. The van der Waals surface area contributed by atoms with Gasteiger partial charge in [0.05, 0.1) is 0 Å². The van der Waals surface area contributed by atoms with Crippen LogP contribution < -0.4 is 0 Å². The molecular formula is C20H14O2. The summed E-state index contributed by atoms with van der Waals surface area (Å²) in [5.41, 5.74) is 3.36. The summed E-state index contributed by atoms with van der Waals surface area (Å²) in [4.78, 5) is 23.9. The van der Waals surface area contributed by atoms with E-state index in [2.05, 4.69) is 0 Å². The van der Waals surface area contributed by atoms with E-state index in [1.807, 2.05) is 54.6 Å². The fourth-order valence-corrected chi connectivity index (χ4v) is 2.41. The Balaban J connectivity index is 2.10. The van der Waals surface area contributed by atoms with Crippen LogP contribution in [-0.2, 0) is 0 Å². The van der Waals surface area contributed by atoms with Crippen molar-refractivity contribution in [1.29, 1.82) is 0 Å². The smallest absolute Gasteiger partial charge is 0.193 e. The number of carbonyl (C=O) groups excluding carboxylic acids is 2. The number of hydrogen-bond acceptors (Lipinski definition) is 2. The number of ketones is 1. The van der Waals surface area contributed by atoms with Gasteiger partial charge in [0.25, 0.3) is 0 Å². The lowest BCUT2D eigenvalue weighted by Crippen LogP contribution is -2.05. The summed E-state index contributed by atoms with van der Waals surface area (Å²) in [6.45, 7) is 0. The molecule has 0 aliphatic carbocycles. The number of carbonyl (C=O) groups is 2. The fourth-order valence-electron chi connectivity index (χ4n) is 2.41. The van der Waals surface area contributed by atoms with Crippen LogP contribution in [-0.4, -0.2) is 12.1 Å². The second kappa shape index (κ2) is 6.19. The first-order valence-electron chi connectivity index (χ1n) is 7.04. The van der Waals surface area contributed by atoms with Crippen molar-refractivity contribution in [3.63, 3.8) is 0 Å². The van der Waals surface area contributed by atoms with Gasteiger partial charge in [-0.3, -0.25) is 9.59 Å². The maximum atomic E-state index is 12.7. The van der Waals surface area contributed by atoms with Crippen LogP contribution in [0.15, 0.2) is 78.9 Å². The largest absolute Gasteiger partial charge is 0.298 e. The van der Waals surface area contributed by atoms with Crippen LogP contribution in [0.1, 0.15) is 26.3 Å². The van der Waals surface area contributed by atoms with Gasteiger partial charge in [-0.25, -0.2) is 0 Å². The van der Waals surface area contributed by atoms with Gasteiger partial charge in [0.15, 0.2) is 12.1 Å². The molecular weight excluding hydrogens is 272 g/mol. The zero-order valence-electron chi connectivity index (χ0n) is 11.9. The number of hydrogen-bond donors (Lipinski definition) is 0. The number of aldehydes is 1. The van der Waals surface area contributed by atoms with Crippen LogP contribution in [0, 0.1) is 0 Å². The topological polar surface area (TPSA) is 34.1 Å². The molecule has 0 aliphatic heterocycles. The average Bonchev–Trinajstić information content (AvgIpc) is 2.62. The minimum atomic E-state index is -0.138. The van der Waals surface area contributed by atoms with E-state index in [-0.39, 0.29) is 5.78 Å². The Kier molecular flexibility index (Phi) is 3.92. The Labute approximate surface area is 129 Å². The molecule has 3 aromatic rings. The summed E-state index contributed by atoms with van der Waals surface area (Å²) in [6.07, 6.45) is 0.727. The molecule has 0 fully saturated rings. The van der Waals surface area contributed by atoms with Crippen molar-refractivity contribution in [3.05, 3.63) is 95.6 Å². The highest BCUT2D eigenvalue weighted by Crippen LogP contribution is 2.23. The number of benzene rings is 3. The molecule has 106 valence electrons. The Hall–Kier alpha value is -3.00. The van der Waals surface area contributed by atoms with Crippen LogP contribution in [0.25, 0.3) is 11.1 Å². The van der Waals surface area contributed by atoms with Crippen molar-refractivity contribution in [3.8, 4) is 11.1 Å². The third-order valence-corrected chi connectivity index (χ3v) is 3.57. The van der Waals surface area contributed by atoms with Gasteiger partial charge in [0.2, 0.25) is 0 Å². The first kappa shape index (κ1) is 14.0. The standard InChI is InChI=1S/C20H14O2/c21-14-18-12-11-17(15-7-3-1-4-8-15)13-19(18)20(22)16-9-5-2-6-10-16/h1-14H. The van der Waals surface area contributed by atoms with Crippen molar-refractivity contribution >= 4 is 12.1 Å². The van der Waals surface area contributed by atoms with Gasteiger partial charge in [-0.2, -0.15) is 0 Å². The molecule has 0 atom stereocenters. The molecule has 0 radical (unpaired) electrons. The van der Waals surface area contributed by atoms with E-state index >= 15 is 0 Å². The minimum Gasteiger partial charge on any atom is -0.298 e. The molecule has 0 saturated carbocycles. The second-order valence-corrected chi connectivity index (χ2v) is 4.98. The third-order valence-electron chi connectivity index (χ3n) is 3.57. The molecule has 0 bridgehead atoms. The average molecular weight is 286 g/mol. The highest BCUT2D eigenvalue weighted by atomic mass is 16.1. The van der Waals surface area contributed by atoms with Crippen LogP contribution in [0.5, 0.6) is 0 Å². The number of rotatable bonds is 4. The zero-order chi connectivity index (χ0) is 15.4. The highest BCUT2D eigenvalue weighted by Gasteiger charge is 2.14. The quantitative estimate of drug-likeness (QED) is 0.526. The van der Waals surface area contributed by atoms with Gasteiger partial charge in [0, 0.05) is 16.7 Å². The van der Waals surface area contributed by atoms with E-state index in [9.17, 15) is 9.59 Å². The van der Waals surface area contributed by atoms with Crippen LogP contribution in [0.3, 0.4) is 0 Å². The molecule has 0 amide bonds. The second-order valence-electron chi connectivity index (χ2n) is 4.98. The van der Waals surface area contributed by atoms with Crippen molar-refractivity contribution < 1.29 is 9.59 Å². The SMILES string of the molecule is O=Cc1ccc(-c2ccccc2)cc1C(=O)c1ccccc1. The molecule has 3 rings (SSSR count). The Bertz CT molecular complexity index is 806. The molecule has 3 aromatic carbocycles. The first-order chi connectivity index (χ1) is 10.8. The van der Waals surface area contributed by atoms with Gasteiger partial charge >= 0.3 is 0 Å². The van der Waals surface area contributed by atoms with Crippen molar-refractivity contribution in [1.82, 2.24) is 0 Å². The molecule has 0 saturated heterocycles. The summed E-state index contributed by atoms with van der Waals surface area (Å²) in [5, 5.41) is 0.